The molecule has 0 saturated heterocycles. The lowest BCUT2D eigenvalue weighted by atomic mass is 9.86. The summed E-state index contributed by atoms with van der Waals surface area (Å²) >= 11 is 0. The van der Waals surface area contributed by atoms with Crippen molar-refractivity contribution in [1.82, 2.24) is 9.14 Å². The number of hydrogen-bond acceptors (Lipinski definition) is 0. The lowest BCUT2D eigenvalue weighted by molar-refractivity contribution is -0.756. The minimum Gasteiger partial charge on any atom is -0.318 e. The van der Waals surface area contributed by atoms with E-state index in [0.717, 1.165) is 25.7 Å². The SMILES string of the molecule is CCC1(CC)CCc2ccc(-c3ccc4c(c3)c3cccc5c3n4C3C=CC=CC3=[N+]5c3ccccc3)cc2-c2c3ccccc3cc[n+]21. The van der Waals surface area contributed by atoms with E-state index in [2.05, 4.69) is 173 Å². The first-order valence-corrected chi connectivity index (χ1v) is 17.9. The van der Waals surface area contributed by atoms with Crippen molar-refractivity contribution in [2.75, 3.05) is 0 Å². The Hall–Kier alpha value is -5.54. The van der Waals surface area contributed by atoms with Crippen LogP contribution < -0.4 is 9.14 Å². The molecule has 0 bridgehead atoms. The predicted molar refractivity (Wildman–Crippen MR) is 205 cm³/mol. The minimum atomic E-state index is 0.107. The first kappa shape index (κ1) is 28.5. The van der Waals surface area contributed by atoms with Gasteiger partial charge in [0.2, 0.25) is 22.8 Å². The van der Waals surface area contributed by atoms with Crippen molar-refractivity contribution in [3.8, 4) is 22.4 Å². The molecule has 3 heteroatoms. The van der Waals surface area contributed by atoms with Gasteiger partial charge < -0.3 is 4.57 Å². The molecule has 1 aliphatic carbocycles. The molecule has 7 aromatic rings. The monoisotopic (exact) mass is 633 g/mol. The van der Waals surface area contributed by atoms with E-state index in [9.17, 15) is 0 Å². The van der Waals surface area contributed by atoms with Gasteiger partial charge in [0.15, 0.2) is 11.7 Å². The maximum absolute atomic E-state index is 2.64. The summed E-state index contributed by atoms with van der Waals surface area (Å²) < 4.78 is 7.65. The average Bonchev–Trinajstić information content (AvgIpc) is 3.42. The number of para-hydroxylation sites is 2. The summed E-state index contributed by atoms with van der Waals surface area (Å²) in [6.45, 7) is 4.73. The highest BCUT2D eigenvalue weighted by atomic mass is 15.2. The number of nitrogens with zero attached hydrogens (tertiary/aromatic N) is 3. The van der Waals surface area contributed by atoms with Crippen LogP contribution in [0.15, 0.2) is 146 Å². The van der Waals surface area contributed by atoms with E-state index in [1.165, 1.54) is 77.6 Å². The second kappa shape index (κ2) is 10.7. The zero-order valence-electron chi connectivity index (χ0n) is 28.1. The number of pyridine rings is 1. The van der Waals surface area contributed by atoms with E-state index in [0.29, 0.717) is 0 Å². The Morgan fingerprint density at radius 3 is 2.41 bits per heavy atom. The average molecular weight is 634 g/mol. The fourth-order valence-corrected chi connectivity index (χ4v) is 9.20. The quantitative estimate of drug-likeness (QED) is 0.171. The Kier molecular flexibility index (Phi) is 6.24. The van der Waals surface area contributed by atoms with Gasteiger partial charge >= 0.3 is 0 Å². The molecule has 5 aromatic carbocycles. The van der Waals surface area contributed by atoms with Gasteiger partial charge in [-0.05, 0) is 52.8 Å². The maximum Gasteiger partial charge on any atom is 0.235 e. The second-order valence-electron chi connectivity index (χ2n) is 14.0. The first-order chi connectivity index (χ1) is 24.2. The molecule has 1 unspecified atom stereocenters. The van der Waals surface area contributed by atoms with Crippen LogP contribution >= 0.6 is 0 Å². The standard InChI is InChI=1S/C46H39N3/c1-3-46(4-2)27-25-32-21-22-33(29-38(32)44-36-16-9-8-13-31(36)26-28-47(44)46)34-23-24-40-39(30-34)37-17-12-20-43-45(37)49(40)42-19-11-10-18-41(42)48(43)35-14-6-5-7-15-35/h5-24,26,28-30,42H,3-4,25,27H2,1-2H3/q+2. The molecule has 0 fully saturated rings. The zero-order chi connectivity index (χ0) is 32.7. The summed E-state index contributed by atoms with van der Waals surface area (Å²) in [6.07, 6.45) is 15.8. The van der Waals surface area contributed by atoms with E-state index in [1.807, 2.05) is 0 Å². The molecule has 0 N–H and O–H groups in total. The largest absolute Gasteiger partial charge is 0.318 e. The number of fused-ring (bicyclic) bond motifs is 10. The number of hydrogen-bond donors (Lipinski definition) is 0. The Morgan fingerprint density at radius 2 is 1.53 bits per heavy atom. The van der Waals surface area contributed by atoms with E-state index >= 15 is 0 Å². The molecular weight excluding hydrogens is 595 g/mol. The van der Waals surface area contributed by atoms with Crippen molar-refractivity contribution < 1.29 is 4.57 Å². The highest BCUT2D eigenvalue weighted by molar-refractivity contribution is 6.18. The lowest BCUT2D eigenvalue weighted by Gasteiger charge is -2.26. The first-order valence-electron chi connectivity index (χ1n) is 17.9. The van der Waals surface area contributed by atoms with Crippen LogP contribution in [0.1, 0.15) is 44.7 Å². The van der Waals surface area contributed by atoms with Crippen LogP contribution in [0.4, 0.5) is 11.4 Å². The molecule has 2 aliphatic heterocycles. The minimum absolute atomic E-state index is 0.107. The molecule has 2 aromatic heterocycles. The predicted octanol–water partition coefficient (Wildman–Crippen LogP) is 11.0. The fraction of sp³-hybridized carbons (Fsp3) is 0.174. The second-order valence-corrected chi connectivity index (χ2v) is 14.0. The Morgan fingerprint density at radius 1 is 0.735 bits per heavy atom. The third kappa shape index (κ3) is 4.02. The van der Waals surface area contributed by atoms with E-state index < -0.39 is 0 Å². The van der Waals surface area contributed by atoms with E-state index in [4.69, 9.17) is 0 Å². The van der Waals surface area contributed by atoms with Crippen molar-refractivity contribution in [3.05, 3.63) is 151 Å². The van der Waals surface area contributed by atoms with Crippen LogP contribution in [0.3, 0.4) is 0 Å². The van der Waals surface area contributed by atoms with Crippen molar-refractivity contribution >= 4 is 49.7 Å². The summed E-state index contributed by atoms with van der Waals surface area (Å²) in [5.41, 5.74) is 13.1. The van der Waals surface area contributed by atoms with Gasteiger partial charge in [-0.25, -0.2) is 0 Å². The Bertz CT molecular complexity index is 2580. The molecule has 4 heterocycles. The number of aromatic nitrogens is 2. The third-order valence-electron chi connectivity index (χ3n) is 11.8. The van der Waals surface area contributed by atoms with Gasteiger partial charge in [0.05, 0.1) is 16.5 Å². The number of allylic oxidation sites excluding steroid dienone is 4. The number of benzene rings is 5. The summed E-state index contributed by atoms with van der Waals surface area (Å²) in [7, 11) is 0. The summed E-state index contributed by atoms with van der Waals surface area (Å²) in [4.78, 5) is 0. The molecule has 0 spiro atoms. The van der Waals surface area contributed by atoms with Crippen LogP contribution in [0, 0.1) is 0 Å². The van der Waals surface area contributed by atoms with Gasteiger partial charge in [0.1, 0.15) is 11.6 Å². The van der Waals surface area contributed by atoms with Crippen LogP contribution in [0.5, 0.6) is 0 Å². The maximum atomic E-state index is 2.64. The summed E-state index contributed by atoms with van der Waals surface area (Å²) in [5, 5.41) is 5.24. The van der Waals surface area contributed by atoms with Gasteiger partial charge in [-0.3, -0.25) is 0 Å². The molecular formula is C46H39N3+2. The number of aryl methyl sites for hydroxylation is 1. The topological polar surface area (TPSA) is 11.8 Å². The summed E-state index contributed by atoms with van der Waals surface area (Å²) in [5.74, 6) is 0. The van der Waals surface area contributed by atoms with Gasteiger partial charge in [-0.2, -0.15) is 9.14 Å². The highest BCUT2D eigenvalue weighted by Gasteiger charge is 2.42. The summed E-state index contributed by atoms with van der Waals surface area (Å²) in [6, 6.07) is 43.4. The molecule has 1 atom stereocenters. The van der Waals surface area contributed by atoms with E-state index in [-0.39, 0.29) is 11.6 Å². The van der Waals surface area contributed by atoms with Gasteiger partial charge in [0.25, 0.3) is 0 Å². The van der Waals surface area contributed by atoms with Crippen LogP contribution in [-0.2, 0) is 12.0 Å². The van der Waals surface area contributed by atoms with E-state index in [1.54, 1.807) is 0 Å². The Labute approximate surface area is 287 Å². The molecule has 3 nitrogen and oxygen atoms in total. The van der Waals surface area contributed by atoms with Crippen molar-refractivity contribution in [2.24, 2.45) is 0 Å². The molecule has 0 saturated carbocycles. The molecule has 10 rings (SSSR count). The van der Waals surface area contributed by atoms with Crippen molar-refractivity contribution in [1.29, 1.82) is 0 Å². The molecule has 0 radical (unpaired) electrons. The molecule has 236 valence electrons. The molecule has 49 heavy (non-hydrogen) atoms. The normalized spacial score (nSPS) is 17.3. The van der Waals surface area contributed by atoms with Gasteiger partial charge in [0, 0.05) is 60.4 Å². The van der Waals surface area contributed by atoms with Crippen molar-refractivity contribution in [3.63, 3.8) is 0 Å². The lowest BCUT2D eigenvalue weighted by Crippen LogP contribution is -2.56. The smallest absolute Gasteiger partial charge is 0.235 e. The van der Waals surface area contributed by atoms with Gasteiger partial charge in [-0.15, -0.1) is 0 Å². The highest BCUT2D eigenvalue weighted by Crippen LogP contribution is 2.45. The van der Waals surface area contributed by atoms with Crippen molar-refractivity contribution in [2.45, 2.75) is 51.1 Å². The fourth-order valence-electron chi connectivity index (χ4n) is 9.20. The van der Waals surface area contributed by atoms with Crippen LogP contribution in [-0.4, -0.2) is 10.3 Å². The zero-order valence-corrected chi connectivity index (χ0v) is 28.1. The van der Waals surface area contributed by atoms with Crippen LogP contribution in [0.2, 0.25) is 0 Å². The van der Waals surface area contributed by atoms with Gasteiger partial charge in [-0.1, -0.05) is 98.8 Å². The third-order valence-corrected chi connectivity index (χ3v) is 11.8. The Balaban J connectivity index is 1.19. The molecule has 0 amide bonds. The number of rotatable bonds is 4. The van der Waals surface area contributed by atoms with Crippen LogP contribution in [0.25, 0.3) is 55.0 Å². The molecule has 3 aliphatic rings.